The molecule has 0 amide bonds. The van der Waals surface area contributed by atoms with Gasteiger partial charge in [0.25, 0.3) is 0 Å². The molecule has 0 bridgehead atoms. The van der Waals surface area contributed by atoms with E-state index in [4.69, 9.17) is 4.74 Å². The zero-order valence-corrected chi connectivity index (χ0v) is 6.89. The molecule has 0 radical (unpaired) electrons. The summed E-state index contributed by atoms with van der Waals surface area (Å²) < 4.78 is 5.60. The fourth-order valence-corrected chi connectivity index (χ4v) is 1.34. The van der Waals surface area contributed by atoms with E-state index in [1.165, 1.54) is 12.8 Å². The van der Waals surface area contributed by atoms with Gasteiger partial charge in [0.2, 0.25) is 0 Å². The van der Waals surface area contributed by atoms with Gasteiger partial charge in [0.15, 0.2) is 0 Å². The van der Waals surface area contributed by atoms with Crippen LogP contribution in [-0.2, 0) is 4.74 Å². The fraction of sp³-hybridized carbons (Fsp3) is 1.00. The Hall–Kier alpha value is -0.0800. The monoisotopic (exact) mass is 143 g/mol. The normalized spacial score (nSPS) is 33.0. The molecule has 1 rings (SSSR count). The smallest absolute Gasteiger partial charge is 0.0704 e. The second-order valence-electron chi connectivity index (χ2n) is 2.95. The van der Waals surface area contributed by atoms with Gasteiger partial charge < -0.3 is 10.1 Å². The van der Waals surface area contributed by atoms with Crippen LogP contribution in [0, 0.1) is 0 Å². The average molecular weight is 143 g/mol. The first-order valence-electron chi connectivity index (χ1n) is 4.19. The van der Waals surface area contributed by atoms with E-state index in [0.29, 0.717) is 12.2 Å². The summed E-state index contributed by atoms with van der Waals surface area (Å²) in [6, 6.07) is 0. The quantitative estimate of drug-likeness (QED) is 0.640. The fourth-order valence-electron chi connectivity index (χ4n) is 1.34. The molecule has 0 spiro atoms. The van der Waals surface area contributed by atoms with E-state index in [1.807, 2.05) is 0 Å². The van der Waals surface area contributed by atoms with Crippen molar-refractivity contribution in [2.24, 2.45) is 0 Å². The highest BCUT2D eigenvalue weighted by Gasteiger charge is 2.20. The minimum atomic E-state index is 0.481. The Morgan fingerprint density at radius 2 is 2.30 bits per heavy atom. The van der Waals surface area contributed by atoms with E-state index in [9.17, 15) is 0 Å². The lowest BCUT2D eigenvalue weighted by atomic mass is 10.2. The molecule has 2 atom stereocenters. The molecule has 10 heavy (non-hydrogen) atoms. The van der Waals surface area contributed by atoms with Crippen LogP contribution in [-0.4, -0.2) is 25.3 Å². The summed E-state index contributed by atoms with van der Waals surface area (Å²) in [6.07, 6.45) is 3.43. The maximum Gasteiger partial charge on any atom is 0.0704 e. The van der Waals surface area contributed by atoms with Crippen molar-refractivity contribution >= 4 is 0 Å². The molecule has 1 N–H and O–H groups in total. The Labute approximate surface area is 63.0 Å². The van der Waals surface area contributed by atoms with Gasteiger partial charge in [-0.3, -0.25) is 0 Å². The van der Waals surface area contributed by atoms with Gasteiger partial charge in [-0.15, -0.1) is 0 Å². The second kappa shape index (κ2) is 3.94. The molecule has 0 aromatic rings. The Morgan fingerprint density at radius 1 is 1.50 bits per heavy atom. The Kier molecular flexibility index (Phi) is 3.16. The molecule has 1 fully saturated rings. The van der Waals surface area contributed by atoms with Crippen molar-refractivity contribution in [2.45, 2.75) is 38.9 Å². The van der Waals surface area contributed by atoms with Gasteiger partial charge in [-0.05, 0) is 26.3 Å². The van der Waals surface area contributed by atoms with Crippen LogP contribution in [0.3, 0.4) is 0 Å². The summed E-state index contributed by atoms with van der Waals surface area (Å²) in [6.45, 7) is 6.35. The third kappa shape index (κ3) is 2.27. The van der Waals surface area contributed by atoms with E-state index in [1.54, 1.807) is 0 Å². The standard InChI is InChI=1S/C8H17NO/c1-3-9-6-8-5-4-7(2)10-8/h7-9H,3-6H2,1-2H3. The van der Waals surface area contributed by atoms with Gasteiger partial charge in [-0.2, -0.15) is 0 Å². The Morgan fingerprint density at radius 3 is 2.80 bits per heavy atom. The molecule has 1 heterocycles. The summed E-state index contributed by atoms with van der Waals surface area (Å²) in [5, 5.41) is 3.29. The number of rotatable bonds is 3. The number of nitrogens with one attached hydrogen (secondary N) is 1. The van der Waals surface area contributed by atoms with Crippen molar-refractivity contribution in [3.8, 4) is 0 Å². The maximum atomic E-state index is 5.60. The lowest BCUT2D eigenvalue weighted by molar-refractivity contribution is 0.0564. The number of likely N-dealkylation sites (N-methyl/N-ethyl adjacent to an activating group) is 1. The topological polar surface area (TPSA) is 21.3 Å². The van der Waals surface area contributed by atoms with Crippen molar-refractivity contribution in [3.05, 3.63) is 0 Å². The van der Waals surface area contributed by atoms with Crippen LogP contribution in [0.25, 0.3) is 0 Å². The summed E-state index contributed by atoms with van der Waals surface area (Å²) in [5.41, 5.74) is 0. The number of ether oxygens (including phenoxy) is 1. The molecule has 1 aliphatic heterocycles. The van der Waals surface area contributed by atoms with Crippen LogP contribution in [0.15, 0.2) is 0 Å². The SMILES string of the molecule is CCNCC1CCC(C)O1. The van der Waals surface area contributed by atoms with Crippen molar-refractivity contribution in [1.82, 2.24) is 5.32 Å². The molecule has 60 valence electrons. The maximum absolute atomic E-state index is 5.60. The highest BCUT2D eigenvalue weighted by molar-refractivity contribution is 4.71. The molecule has 2 heteroatoms. The lowest BCUT2D eigenvalue weighted by Gasteiger charge is -2.10. The van der Waals surface area contributed by atoms with Crippen LogP contribution in [0.2, 0.25) is 0 Å². The molecule has 1 saturated heterocycles. The van der Waals surface area contributed by atoms with Crippen molar-refractivity contribution in [2.75, 3.05) is 13.1 Å². The highest BCUT2D eigenvalue weighted by Crippen LogP contribution is 2.17. The van der Waals surface area contributed by atoms with Crippen molar-refractivity contribution in [3.63, 3.8) is 0 Å². The third-order valence-electron chi connectivity index (χ3n) is 1.94. The lowest BCUT2D eigenvalue weighted by Crippen LogP contribution is -2.26. The summed E-state index contributed by atoms with van der Waals surface area (Å²) in [4.78, 5) is 0. The molecule has 2 unspecified atom stereocenters. The number of hydrogen-bond acceptors (Lipinski definition) is 2. The molecule has 2 nitrogen and oxygen atoms in total. The van der Waals surface area contributed by atoms with Gasteiger partial charge in [-0.1, -0.05) is 6.92 Å². The Bertz CT molecular complexity index is 95.3. The minimum absolute atomic E-state index is 0.481. The molecule has 0 saturated carbocycles. The summed E-state index contributed by atoms with van der Waals surface area (Å²) in [5.74, 6) is 0. The van der Waals surface area contributed by atoms with Crippen molar-refractivity contribution < 1.29 is 4.74 Å². The molecular formula is C8H17NO. The predicted octanol–water partition coefficient (Wildman–Crippen LogP) is 1.16. The zero-order chi connectivity index (χ0) is 7.40. The number of hydrogen-bond donors (Lipinski definition) is 1. The minimum Gasteiger partial charge on any atom is -0.374 e. The van der Waals surface area contributed by atoms with Crippen molar-refractivity contribution in [1.29, 1.82) is 0 Å². The van der Waals surface area contributed by atoms with Gasteiger partial charge >= 0.3 is 0 Å². The highest BCUT2D eigenvalue weighted by atomic mass is 16.5. The van der Waals surface area contributed by atoms with Gasteiger partial charge in [0, 0.05) is 6.54 Å². The van der Waals surface area contributed by atoms with Crippen LogP contribution >= 0.6 is 0 Å². The Balaban J connectivity index is 2.06. The van der Waals surface area contributed by atoms with E-state index >= 15 is 0 Å². The predicted molar refractivity (Wildman–Crippen MR) is 42.1 cm³/mol. The van der Waals surface area contributed by atoms with E-state index in [2.05, 4.69) is 19.2 Å². The third-order valence-corrected chi connectivity index (χ3v) is 1.94. The molecule has 0 aromatic carbocycles. The van der Waals surface area contributed by atoms with E-state index in [0.717, 1.165) is 13.1 Å². The molecule has 0 aliphatic carbocycles. The first kappa shape index (κ1) is 8.02. The average Bonchev–Trinajstić information content (AvgIpc) is 2.31. The second-order valence-corrected chi connectivity index (χ2v) is 2.95. The van der Waals surface area contributed by atoms with Gasteiger partial charge in [0.1, 0.15) is 0 Å². The van der Waals surface area contributed by atoms with Crippen LogP contribution < -0.4 is 5.32 Å². The van der Waals surface area contributed by atoms with Gasteiger partial charge in [-0.25, -0.2) is 0 Å². The van der Waals surface area contributed by atoms with E-state index < -0.39 is 0 Å². The summed E-state index contributed by atoms with van der Waals surface area (Å²) >= 11 is 0. The summed E-state index contributed by atoms with van der Waals surface area (Å²) in [7, 11) is 0. The van der Waals surface area contributed by atoms with Crippen LogP contribution in [0.5, 0.6) is 0 Å². The van der Waals surface area contributed by atoms with Gasteiger partial charge in [0.05, 0.1) is 12.2 Å². The first-order chi connectivity index (χ1) is 4.83. The van der Waals surface area contributed by atoms with E-state index in [-0.39, 0.29) is 0 Å². The molecule has 0 aromatic heterocycles. The first-order valence-corrected chi connectivity index (χ1v) is 4.19. The molecule has 1 aliphatic rings. The molecular weight excluding hydrogens is 126 g/mol. The van der Waals surface area contributed by atoms with Crippen LogP contribution in [0.4, 0.5) is 0 Å². The zero-order valence-electron chi connectivity index (χ0n) is 6.89. The largest absolute Gasteiger partial charge is 0.374 e. The van der Waals surface area contributed by atoms with Crippen LogP contribution in [0.1, 0.15) is 26.7 Å².